The van der Waals surface area contributed by atoms with Gasteiger partial charge in [-0.2, -0.15) is 0 Å². The Hall–Kier alpha value is -1.79. The molecule has 0 unspecified atom stereocenters. The summed E-state index contributed by atoms with van der Waals surface area (Å²) in [5, 5.41) is 13.9. The molecule has 0 spiro atoms. The smallest absolute Gasteiger partial charge is 0.315 e. The number of urea groups is 1. The van der Waals surface area contributed by atoms with Crippen molar-refractivity contribution < 1.29 is 19.5 Å². The number of hydrogen-bond donors (Lipinski definition) is 3. The van der Waals surface area contributed by atoms with Crippen molar-refractivity contribution in [1.82, 2.24) is 15.5 Å². The van der Waals surface area contributed by atoms with Gasteiger partial charge in [-0.15, -0.1) is 0 Å². The second-order valence-electron chi connectivity index (χ2n) is 4.92. The van der Waals surface area contributed by atoms with Crippen molar-refractivity contribution in [3.63, 3.8) is 0 Å². The maximum atomic E-state index is 11.7. The van der Waals surface area contributed by atoms with Gasteiger partial charge in [0.05, 0.1) is 18.5 Å². The summed E-state index contributed by atoms with van der Waals surface area (Å²) in [7, 11) is 1.65. The highest BCUT2D eigenvalue weighted by molar-refractivity contribution is 5.84. The standard InChI is InChI=1S/C12H21N3O4/c1-3-15(2)9(16)8-13-11(19)14-12(5-4-6-12)7-10(17)18/h3-8H2,1-2H3,(H,17,18)(H2,13,14,19). The van der Waals surface area contributed by atoms with Crippen LogP contribution < -0.4 is 10.6 Å². The first-order valence-electron chi connectivity index (χ1n) is 6.40. The van der Waals surface area contributed by atoms with Crippen LogP contribution in [0.15, 0.2) is 0 Å². The van der Waals surface area contributed by atoms with E-state index in [4.69, 9.17) is 5.11 Å². The van der Waals surface area contributed by atoms with Crippen molar-refractivity contribution >= 4 is 17.9 Å². The van der Waals surface area contributed by atoms with Gasteiger partial charge >= 0.3 is 12.0 Å². The number of rotatable bonds is 6. The Morgan fingerprint density at radius 1 is 1.32 bits per heavy atom. The van der Waals surface area contributed by atoms with E-state index in [1.54, 1.807) is 7.05 Å². The Labute approximate surface area is 112 Å². The van der Waals surface area contributed by atoms with Gasteiger partial charge in [-0.3, -0.25) is 9.59 Å². The van der Waals surface area contributed by atoms with Crippen molar-refractivity contribution in [2.75, 3.05) is 20.1 Å². The van der Waals surface area contributed by atoms with Crippen molar-refractivity contribution in [1.29, 1.82) is 0 Å². The highest BCUT2D eigenvalue weighted by Crippen LogP contribution is 2.34. The molecule has 1 rings (SSSR count). The Kier molecular flexibility index (Phi) is 5.14. The summed E-state index contributed by atoms with van der Waals surface area (Å²) in [4.78, 5) is 35.4. The van der Waals surface area contributed by atoms with E-state index in [1.807, 2.05) is 6.92 Å². The van der Waals surface area contributed by atoms with Gasteiger partial charge in [-0.05, 0) is 26.2 Å². The fraction of sp³-hybridized carbons (Fsp3) is 0.750. The molecule has 0 saturated heterocycles. The van der Waals surface area contributed by atoms with Crippen LogP contribution in [0.4, 0.5) is 4.79 Å². The number of carbonyl (C=O) groups is 3. The summed E-state index contributed by atoms with van der Waals surface area (Å²) in [6.07, 6.45) is 2.15. The Bertz CT molecular complexity index is 366. The lowest BCUT2D eigenvalue weighted by Gasteiger charge is -2.41. The molecule has 7 heteroatoms. The quantitative estimate of drug-likeness (QED) is 0.641. The number of carboxylic acids is 1. The van der Waals surface area contributed by atoms with E-state index in [0.717, 1.165) is 6.42 Å². The van der Waals surface area contributed by atoms with Crippen LogP contribution in [0.5, 0.6) is 0 Å². The van der Waals surface area contributed by atoms with Crippen LogP contribution in [-0.4, -0.2) is 53.6 Å². The van der Waals surface area contributed by atoms with Gasteiger partial charge in [-0.25, -0.2) is 4.79 Å². The molecule has 7 nitrogen and oxygen atoms in total. The molecule has 108 valence electrons. The van der Waals surface area contributed by atoms with Gasteiger partial charge in [0.1, 0.15) is 0 Å². The van der Waals surface area contributed by atoms with Crippen LogP contribution >= 0.6 is 0 Å². The number of hydrogen-bond acceptors (Lipinski definition) is 3. The van der Waals surface area contributed by atoms with Crippen LogP contribution in [0.2, 0.25) is 0 Å². The summed E-state index contributed by atoms with van der Waals surface area (Å²) in [6.45, 7) is 2.33. The number of carbonyl (C=O) groups excluding carboxylic acids is 2. The SMILES string of the molecule is CCN(C)C(=O)CNC(=O)NC1(CC(=O)O)CCC1. The highest BCUT2D eigenvalue weighted by atomic mass is 16.4. The molecule has 1 aliphatic rings. The average Bonchev–Trinajstić information content (AvgIpc) is 2.31. The van der Waals surface area contributed by atoms with Crippen molar-refractivity contribution in [3.8, 4) is 0 Å². The minimum atomic E-state index is -0.929. The molecule has 3 amide bonds. The molecule has 0 aromatic rings. The summed E-state index contributed by atoms with van der Waals surface area (Å²) >= 11 is 0. The van der Waals surface area contributed by atoms with Crippen LogP contribution in [0.1, 0.15) is 32.6 Å². The minimum Gasteiger partial charge on any atom is -0.481 e. The van der Waals surface area contributed by atoms with Gasteiger partial charge in [0, 0.05) is 13.6 Å². The van der Waals surface area contributed by atoms with Crippen LogP contribution in [0, 0.1) is 0 Å². The van der Waals surface area contributed by atoms with E-state index in [2.05, 4.69) is 10.6 Å². The van der Waals surface area contributed by atoms with Gasteiger partial charge in [0.2, 0.25) is 5.91 Å². The average molecular weight is 271 g/mol. The minimum absolute atomic E-state index is 0.0801. The third-order valence-electron chi connectivity index (χ3n) is 3.48. The Morgan fingerprint density at radius 3 is 2.37 bits per heavy atom. The maximum Gasteiger partial charge on any atom is 0.315 e. The fourth-order valence-electron chi connectivity index (χ4n) is 1.99. The Morgan fingerprint density at radius 2 is 1.95 bits per heavy atom. The summed E-state index contributed by atoms with van der Waals surface area (Å²) < 4.78 is 0. The molecule has 0 aromatic carbocycles. The normalized spacial score (nSPS) is 16.1. The number of amides is 3. The number of aliphatic carboxylic acids is 1. The van der Waals surface area contributed by atoms with E-state index in [1.165, 1.54) is 4.90 Å². The number of nitrogens with one attached hydrogen (secondary N) is 2. The fourth-order valence-corrected chi connectivity index (χ4v) is 1.99. The third kappa shape index (κ3) is 4.42. The van der Waals surface area contributed by atoms with Crippen LogP contribution in [-0.2, 0) is 9.59 Å². The van der Waals surface area contributed by atoms with E-state index in [-0.39, 0.29) is 18.9 Å². The summed E-state index contributed by atoms with van der Waals surface area (Å²) in [5.74, 6) is -1.11. The molecule has 1 aliphatic carbocycles. The summed E-state index contributed by atoms with van der Waals surface area (Å²) in [6, 6.07) is -0.487. The zero-order chi connectivity index (χ0) is 14.5. The largest absolute Gasteiger partial charge is 0.481 e. The molecule has 0 radical (unpaired) electrons. The number of carboxylic acid groups (broad SMARTS) is 1. The molecule has 0 bridgehead atoms. The van der Waals surface area contributed by atoms with Crippen LogP contribution in [0.25, 0.3) is 0 Å². The lowest BCUT2D eigenvalue weighted by molar-refractivity contribution is -0.139. The lowest BCUT2D eigenvalue weighted by Crippen LogP contribution is -2.58. The van der Waals surface area contributed by atoms with E-state index in [9.17, 15) is 14.4 Å². The molecule has 3 N–H and O–H groups in total. The van der Waals surface area contributed by atoms with Crippen LogP contribution in [0.3, 0.4) is 0 Å². The van der Waals surface area contributed by atoms with E-state index >= 15 is 0 Å². The highest BCUT2D eigenvalue weighted by Gasteiger charge is 2.40. The molecule has 1 saturated carbocycles. The molecule has 0 aromatic heterocycles. The molecular formula is C12H21N3O4. The topological polar surface area (TPSA) is 98.7 Å². The molecule has 0 aliphatic heterocycles. The zero-order valence-electron chi connectivity index (χ0n) is 11.4. The molecule has 0 atom stereocenters. The van der Waals surface area contributed by atoms with Gasteiger partial charge < -0.3 is 20.6 Å². The first-order chi connectivity index (χ1) is 8.88. The molecular weight excluding hydrogens is 250 g/mol. The number of nitrogens with zero attached hydrogens (tertiary/aromatic N) is 1. The Balaban J connectivity index is 2.38. The zero-order valence-corrected chi connectivity index (χ0v) is 11.4. The lowest BCUT2D eigenvalue weighted by atomic mass is 9.74. The van der Waals surface area contributed by atoms with E-state index in [0.29, 0.717) is 19.4 Å². The van der Waals surface area contributed by atoms with Crippen molar-refractivity contribution in [2.24, 2.45) is 0 Å². The number of likely N-dealkylation sites (N-methyl/N-ethyl adjacent to an activating group) is 1. The van der Waals surface area contributed by atoms with Gasteiger partial charge in [0.15, 0.2) is 0 Å². The van der Waals surface area contributed by atoms with Gasteiger partial charge in [-0.1, -0.05) is 0 Å². The van der Waals surface area contributed by atoms with Gasteiger partial charge in [0.25, 0.3) is 0 Å². The summed E-state index contributed by atoms with van der Waals surface area (Å²) in [5.41, 5.74) is -0.643. The van der Waals surface area contributed by atoms with Crippen molar-refractivity contribution in [3.05, 3.63) is 0 Å². The van der Waals surface area contributed by atoms with Crippen molar-refractivity contribution in [2.45, 2.75) is 38.1 Å². The molecule has 0 heterocycles. The predicted octanol–water partition coefficient (Wildman–Crippen LogP) is 0.161. The predicted molar refractivity (Wildman–Crippen MR) is 68.7 cm³/mol. The maximum absolute atomic E-state index is 11.7. The first-order valence-corrected chi connectivity index (χ1v) is 6.40. The second kappa shape index (κ2) is 6.40. The second-order valence-corrected chi connectivity index (χ2v) is 4.92. The molecule has 19 heavy (non-hydrogen) atoms. The monoisotopic (exact) mass is 271 g/mol. The third-order valence-corrected chi connectivity index (χ3v) is 3.48. The first kappa shape index (κ1) is 15.3. The molecule has 1 fully saturated rings. The van der Waals surface area contributed by atoms with E-state index < -0.39 is 17.5 Å².